The van der Waals surface area contributed by atoms with E-state index in [0.29, 0.717) is 0 Å². The van der Waals surface area contributed by atoms with E-state index in [1.165, 1.54) is 18.3 Å². The van der Waals surface area contributed by atoms with Gasteiger partial charge >= 0.3 is 6.18 Å². The van der Waals surface area contributed by atoms with E-state index in [-0.39, 0.29) is 5.69 Å². The van der Waals surface area contributed by atoms with Gasteiger partial charge in [0.15, 0.2) is 5.78 Å². The summed E-state index contributed by atoms with van der Waals surface area (Å²) in [5.74, 6) is -2.89. The maximum absolute atomic E-state index is 11.7. The summed E-state index contributed by atoms with van der Waals surface area (Å²) in [7, 11) is 0. The number of hydrogen-bond acceptors (Lipinski definition) is 2. The minimum Gasteiger partial charge on any atom is -0.359 e. The van der Waals surface area contributed by atoms with Crippen LogP contribution in [0.1, 0.15) is 16.9 Å². The van der Waals surface area contributed by atoms with Crippen molar-refractivity contribution in [1.82, 2.24) is 4.98 Å². The Kier molecular flexibility index (Phi) is 2.73. The second-order valence-corrected chi connectivity index (χ2v) is 2.60. The second kappa shape index (κ2) is 3.65. The van der Waals surface area contributed by atoms with Crippen LogP contribution in [0.2, 0.25) is 0 Å². The molecule has 14 heavy (non-hydrogen) atoms. The fourth-order valence-corrected chi connectivity index (χ4v) is 0.845. The molecule has 0 aliphatic heterocycles. The van der Waals surface area contributed by atoms with E-state index < -0.39 is 24.2 Å². The van der Waals surface area contributed by atoms with E-state index in [2.05, 4.69) is 4.98 Å². The molecule has 1 heterocycles. The van der Waals surface area contributed by atoms with Gasteiger partial charge in [0.25, 0.3) is 0 Å². The number of ketones is 2. The predicted molar refractivity (Wildman–Crippen MR) is 40.8 cm³/mol. The summed E-state index contributed by atoms with van der Waals surface area (Å²) < 4.78 is 35.2. The SMILES string of the molecule is O=C(CC(=O)C(F)(F)F)c1ccc[nH]1. The van der Waals surface area contributed by atoms with Crippen LogP contribution >= 0.6 is 0 Å². The van der Waals surface area contributed by atoms with Gasteiger partial charge in [-0.3, -0.25) is 9.59 Å². The summed E-state index contributed by atoms with van der Waals surface area (Å²) in [5, 5.41) is 0. The fraction of sp³-hybridized carbons (Fsp3) is 0.250. The van der Waals surface area contributed by atoms with Crippen molar-refractivity contribution in [3.05, 3.63) is 24.0 Å². The first-order valence-electron chi connectivity index (χ1n) is 3.68. The van der Waals surface area contributed by atoms with Gasteiger partial charge in [-0.05, 0) is 12.1 Å². The Bertz CT molecular complexity index is 340. The zero-order valence-electron chi connectivity index (χ0n) is 6.89. The molecule has 0 unspecified atom stereocenters. The minimum absolute atomic E-state index is 0.00241. The molecule has 0 aliphatic carbocycles. The number of halogens is 3. The Balaban J connectivity index is 2.63. The van der Waals surface area contributed by atoms with Gasteiger partial charge in [0.1, 0.15) is 0 Å². The third-order valence-electron chi connectivity index (χ3n) is 1.54. The molecule has 1 aromatic rings. The third-order valence-corrected chi connectivity index (χ3v) is 1.54. The maximum atomic E-state index is 11.7. The fourth-order valence-electron chi connectivity index (χ4n) is 0.845. The molecule has 3 nitrogen and oxygen atoms in total. The number of nitrogens with one attached hydrogen (secondary N) is 1. The number of aromatic nitrogens is 1. The molecule has 0 spiro atoms. The lowest BCUT2D eigenvalue weighted by molar-refractivity contribution is -0.170. The smallest absolute Gasteiger partial charge is 0.359 e. The monoisotopic (exact) mass is 205 g/mol. The number of carbonyl (C=O) groups excluding carboxylic acids is 2. The molecular weight excluding hydrogens is 199 g/mol. The van der Waals surface area contributed by atoms with Crippen molar-refractivity contribution in [2.45, 2.75) is 12.6 Å². The number of hydrogen-bond donors (Lipinski definition) is 1. The van der Waals surface area contributed by atoms with E-state index in [1.54, 1.807) is 0 Å². The molecule has 0 aromatic carbocycles. The average Bonchev–Trinajstić information content (AvgIpc) is 2.53. The van der Waals surface area contributed by atoms with Crippen molar-refractivity contribution in [3.8, 4) is 0 Å². The molecule has 0 radical (unpaired) electrons. The van der Waals surface area contributed by atoms with Crippen LogP contribution in [0.3, 0.4) is 0 Å². The zero-order chi connectivity index (χ0) is 10.8. The average molecular weight is 205 g/mol. The first-order valence-corrected chi connectivity index (χ1v) is 3.68. The number of H-pyrrole nitrogens is 1. The lowest BCUT2D eigenvalue weighted by Gasteiger charge is -2.02. The molecule has 0 saturated heterocycles. The Morgan fingerprint density at radius 3 is 2.43 bits per heavy atom. The molecule has 1 rings (SSSR count). The Morgan fingerprint density at radius 2 is 2.00 bits per heavy atom. The second-order valence-electron chi connectivity index (χ2n) is 2.60. The van der Waals surface area contributed by atoms with Crippen LogP contribution in [0.5, 0.6) is 0 Å². The van der Waals surface area contributed by atoms with Gasteiger partial charge < -0.3 is 4.98 Å². The van der Waals surface area contributed by atoms with Crippen molar-refractivity contribution in [2.75, 3.05) is 0 Å². The van der Waals surface area contributed by atoms with E-state index in [9.17, 15) is 22.8 Å². The molecule has 0 bridgehead atoms. The highest BCUT2D eigenvalue weighted by atomic mass is 19.4. The van der Waals surface area contributed by atoms with Crippen molar-refractivity contribution >= 4 is 11.6 Å². The van der Waals surface area contributed by atoms with Crippen LogP contribution in [-0.4, -0.2) is 22.7 Å². The van der Waals surface area contributed by atoms with Crippen LogP contribution in [0.15, 0.2) is 18.3 Å². The number of Topliss-reactive ketones (excluding diaryl/α,β-unsaturated/α-hetero) is 2. The zero-order valence-corrected chi connectivity index (χ0v) is 6.89. The van der Waals surface area contributed by atoms with Crippen LogP contribution in [-0.2, 0) is 4.79 Å². The maximum Gasteiger partial charge on any atom is 0.450 e. The molecule has 0 atom stereocenters. The normalized spacial score (nSPS) is 11.4. The van der Waals surface area contributed by atoms with E-state index in [4.69, 9.17) is 0 Å². The summed E-state index contributed by atoms with van der Waals surface area (Å²) in [5.41, 5.74) is 0.00241. The molecule has 0 amide bonds. The number of alkyl halides is 3. The standard InChI is InChI=1S/C8H6F3NO2/c9-8(10,11)7(14)4-6(13)5-2-1-3-12-5/h1-3,12H,4H2. The summed E-state index contributed by atoms with van der Waals surface area (Å²) in [4.78, 5) is 23.8. The summed E-state index contributed by atoms with van der Waals surface area (Å²) in [6.45, 7) is 0. The first kappa shape index (κ1) is 10.5. The van der Waals surface area contributed by atoms with E-state index in [0.717, 1.165) is 0 Å². The minimum atomic E-state index is -4.94. The van der Waals surface area contributed by atoms with E-state index >= 15 is 0 Å². The predicted octanol–water partition coefficient (Wildman–Crippen LogP) is 1.72. The Hall–Kier alpha value is -1.59. The summed E-state index contributed by atoms with van der Waals surface area (Å²) >= 11 is 0. The molecule has 0 saturated carbocycles. The molecule has 0 fully saturated rings. The number of rotatable bonds is 3. The molecule has 1 aromatic heterocycles. The highest BCUT2D eigenvalue weighted by molar-refractivity contribution is 6.08. The largest absolute Gasteiger partial charge is 0.450 e. The van der Waals surface area contributed by atoms with Gasteiger partial charge in [0.2, 0.25) is 5.78 Å². The lowest BCUT2D eigenvalue weighted by Crippen LogP contribution is -2.25. The molecule has 76 valence electrons. The highest BCUT2D eigenvalue weighted by Gasteiger charge is 2.39. The number of aromatic amines is 1. The van der Waals surface area contributed by atoms with Crippen molar-refractivity contribution < 1.29 is 22.8 Å². The molecule has 0 aliphatic rings. The van der Waals surface area contributed by atoms with Crippen molar-refractivity contribution in [1.29, 1.82) is 0 Å². The Labute approximate surface area is 76.9 Å². The van der Waals surface area contributed by atoms with Gasteiger partial charge in [0, 0.05) is 6.20 Å². The highest BCUT2D eigenvalue weighted by Crippen LogP contribution is 2.18. The van der Waals surface area contributed by atoms with Crippen molar-refractivity contribution in [2.24, 2.45) is 0 Å². The van der Waals surface area contributed by atoms with Crippen LogP contribution < -0.4 is 0 Å². The van der Waals surface area contributed by atoms with Crippen LogP contribution in [0, 0.1) is 0 Å². The van der Waals surface area contributed by atoms with Crippen LogP contribution in [0.4, 0.5) is 13.2 Å². The Morgan fingerprint density at radius 1 is 1.36 bits per heavy atom. The number of carbonyl (C=O) groups is 2. The van der Waals surface area contributed by atoms with Gasteiger partial charge in [-0.25, -0.2) is 0 Å². The lowest BCUT2D eigenvalue weighted by atomic mass is 10.1. The topological polar surface area (TPSA) is 49.9 Å². The summed E-state index contributed by atoms with van der Waals surface area (Å²) in [6, 6.07) is 2.78. The van der Waals surface area contributed by atoms with Gasteiger partial charge in [-0.2, -0.15) is 13.2 Å². The molecule has 6 heteroatoms. The van der Waals surface area contributed by atoms with Crippen LogP contribution in [0.25, 0.3) is 0 Å². The quantitative estimate of drug-likeness (QED) is 0.603. The van der Waals surface area contributed by atoms with Gasteiger partial charge in [-0.1, -0.05) is 0 Å². The first-order chi connectivity index (χ1) is 6.41. The van der Waals surface area contributed by atoms with Gasteiger partial charge in [-0.15, -0.1) is 0 Å². The summed E-state index contributed by atoms with van der Waals surface area (Å²) in [6.07, 6.45) is -4.70. The molecule has 1 N–H and O–H groups in total. The van der Waals surface area contributed by atoms with Crippen molar-refractivity contribution in [3.63, 3.8) is 0 Å². The van der Waals surface area contributed by atoms with E-state index in [1.807, 2.05) is 0 Å². The molecular formula is C8H6F3NO2. The third kappa shape index (κ3) is 2.45. The van der Waals surface area contributed by atoms with Gasteiger partial charge in [0.05, 0.1) is 12.1 Å².